The second kappa shape index (κ2) is 15.6. The van der Waals surface area contributed by atoms with Crippen molar-refractivity contribution in [3.63, 3.8) is 0 Å². The van der Waals surface area contributed by atoms with E-state index in [1.165, 1.54) is 108 Å². The van der Waals surface area contributed by atoms with E-state index in [4.69, 9.17) is 4.98 Å². The molecule has 0 saturated heterocycles. The first-order valence-corrected chi connectivity index (χ1v) is 25.3. The van der Waals surface area contributed by atoms with Gasteiger partial charge in [0.25, 0.3) is 0 Å². The first-order chi connectivity index (χ1) is 35.2. The molecule has 0 bridgehead atoms. The summed E-state index contributed by atoms with van der Waals surface area (Å²) in [4.78, 5) is 5.28. The summed E-state index contributed by atoms with van der Waals surface area (Å²) in [7, 11) is 0. The Labute approximate surface area is 415 Å². The topological polar surface area (TPSA) is 17.3 Å². The van der Waals surface area contributed by atoms with Crippen molar-refractivity contribution >= 4 is 69.7 Å². The van der Waals surface area contributed by atoms with E-state index in [1.807, 2.05) is 11.3 Å². The van der Waals surface area contributed by atoms with Crippen LogP contribution in [0.2, 0.25) is 0 Å². The first-order valence-electron chi connectivity index (χ1n) is 24.4. The van der Waals surface area contributed by atoms with Gasteiger partial charge in [0.2, 0.25) is 0 Å². The SMILES string of the molecule is c1ccc(C2(c3ccccc3)c3ccccc3-c3c(-c4ccc(-c5ccc(-c6ccc(-c7cc8c(sc9ccc%10ccccc%10c98)c8nc9ccccc9n78)cc6)c6ccccc56)cc4)cccc32)cc1. The van der Waals surface area contributed by atoms with Crippen LogP contribution in [-0.2, 0) is 5.41 Å². The Morgan fingerprint density at radius 2 is 0.930 bits per heavy atom. The number of thiophene rings is 1. The van der Waals surface area contributed by atoms with Gasteiger partial charge in [0.05, 0.1) is 26.8 Å². The van der Waals surface area contributed by atoms with Crippen LogP contribution in [0.4, 0.5) is 0 Å². The summed E-state index contributed by atoms with van der Waals surface area (Å²) in [5, 5.41) is 7.57. The van der Waals surface area contributed by atoms with Crippen molar-refractivity contribution < 1.29 is 0 Å². The van der Waals surface area contributed by atoms with Crippen LogP contribution in [0.3, 0.4) is 0 Å². The molecule has 0 aliphatic heterocycles. The van der Waals surface area contributed by atoms with E-state index in [-0.39, 0.29) is 0 Å². The molecule has 0 saturated carbocycles. The Bertz CT molecular complexity index is 4390. The fraction of sp³-hybridized carbons (Fsp3) is 0.0147. The molecular formula is C68H42N2S. The number of hydrogen-bond acceptors (Lipinski definition) is 2. The quantitative estimate of drug-likeness (QED) is 0.162. The molecule has 0 fully saturated rings. The summed E-state index contributed by atoms with van der Waals surface area (Å²) in [6.45, 7) is 0. The van der Waals surface area contributed by atoms with Gasteiger partial charge in [-0.2, -0.15) is 0 Å². The average molecular weight is 919 g/mol. The van der Waals surface area contributed by atoms with Gasteiger partial charge < -0.3 is 0 Å². The van der Waals surface area contributed by atoms with Gasteiger partial charge >= 0.3 is 0 Å². The van der Waals surface area contributed by atoms with E-state index in [0.717, 1.165) is 27.9 Å². The van der Waals surface area contributed by atoms with Gasteiger partial charge in [0, 0.05) is 15.5 Å². The smallest absolute Gasteiger partial charge is 0.156 e. The van der Waals surface area contributed by atoms with Gasteiger partial charge in [-0.15, -0.1) is 11.3 Å². The van der Waals surface area contributed by atoms with Crippen molar-refractivity contribution in [3.05, 3.63) is 277 Å². The highest BCUT2D eigenvalue weighted by atomic mass is 32.1. The summed E-state index contributed by atoms with van der Waals surface area (Å²) in [6, 6.07) is 94.1. The van der Waals surface area contributed by atoms with Crippen molar-refractivity contribution in [1.29, 1.82) is 0 Å². The lowest BCUT2D eigenvalue weighted by atomic mass is 9.67. The Morgan fingerprint density at radius 1 is 0.380 bits per heavy atom. The normalized spacial score (nSPS) is 12.9. The first kappa shape index (κ1) is 40.0. The summed E-state index contributed by atoms with van der Waals surface area (Å²) in [5.41, 5.74) is 20.1. The number of hydrogen-bond donors (Lipinski definition) is 0. The highest BCUT2D eigenvalue weighted by molar-refractivity contribution is 7.26. The Balaban J connectivity index is 0.820. The van der Waals surface area contributed by atoms with Gasteiger partial charge in [0.15, 0.2) is 5.65 Å². The number of rotatable bonds is 6. The Hall–Kier alpha value is -8.89. The van der Waals surface area contributed by atoms with Crippen LogP contribution in [0.25, 0.3) is 114 Å². The van der Waals surface area contributed by atoms with Crippen LogP contribution in [0, 0.1) is 0 Å². The number of imidazole rings is 1. The highest BCUT2D eigenvalue weighted by Crippen LogP contribution is 2.58. The van der Waals surface area contributed by atoms with Crippen LogP contribution in [0.5, 0.6) is 0 Å². The minimum Gasteiger partial charge on any atom is -0.291 e. The molecule has 0 N–H and O–H groups in total. The molecule has 14 aromatic rings. The molecule has 3 aromatic heterocycles. The molecule has 1 aliphatic carbocycles. The maximum Gasteiger partial charge on any atom is 0.156 e. The van der Waals surface area contributed by atoms with Gasteiger partial charge in [-0.1, -0.05) is 231 Å². The average Bonchev–Trinajstić information content (AvgIpc) is 4.13. The largest absolute Gasteiger partial charge is 0.291 e. The van der Waals surface area contributed by atoms with Crippen LogP contribution in [-0.4, -0.2) is 9.38 Å². The zero-order valence-electron chi connectivity index (χ0n) is 38.6. The summed E-state index contributed by atoms with van der Waals surface area (Å²) >= 11 is 1.84. The van der Waals surface area contributed by atoms with Crippen molar-refractivity contribution in [3.8, 4) is 55.8 Å². The molecule has 0 unspecified atom stereocenters. The van der Waals surface area contributed by atoms with E-state index >= 15 is 0 Å². The van der Waals surface area contributed by atoms with E-state index in [1.54, 1.807) is 0 Å². The van der Waals surface area contributed by atoms with E-state index in [2.05, 4.69) is 259 Å². The lowest BCUT2D eigenvalue weighted by Crippen LogP contribution is -2.28. The summed E-state index contributed by atoms with van der Waals surface area (Å²) in [6.07, 6.45) is 0. The molecular weight excluding hydrogens is 877 g/mol. The molecule has 0 atom stereocenters. The lowest BCUT2D eigenvalue weighted by Gasteiger charge is -2.34. The van der Waals surface area contributed by atoms with E-state index in [0.29, 0.717) is 0 Å². The van der Waals surface area contributed by atoms with Gasteiger partial charge in [-0.25, -0.2) is 4.98 Å². The van der Waals surface area contributed by atoms with Crippen molar-refractivity contribution in [2.45, 2.75) is 5.41 Å². The molecule has 2 nitrogen and oxygen atoms in total. The standard InChI is InChI=1S/C68H42N2S/c1-3-17-48(18-4-1)68(49-19-5-2-6-20-49)58-26-12-11-24-56(58)64-52(25-15-27-59(64)68)46-32-30-44(31-33-46)50-39-40-51(55-23-10-9-22-54(50)55)45-34-36-47(37-35-45)62-42-57-65-53-21-8-7-16-43(53)38-41-63(65)71-66(57)67-69-60-28-13-14-29-61(60)70(62)67/h1-42H. The molecule has 0 radical (unpaired) electrons. The van der Waals surface area contributed by atoms with Gasteiger partial charge in [-0.3, -0.25) is 4.40 Å². The van der Waals surface area contributed by atoms with Gasteiger partial charge in [-0.05, 0) is 118 Å². The molecule has 11 aromatic carbocycles. The van der Waals surface area contributed by atoms with Gasteiger partial charge in [0.1, 0.15) is 0 Å². The molecule has 3 heterocycles. The fourth-order valence-electron chi connectivity index (χ4n) is 12.2. The summed E-state index contributed by atoms with van der Waals surface area (Å²) < 4.78 is 4.87. The molecule has 15 rings (SSSR count). The van der Waals surface area contributed by atoms with E-state index < -0.39 is 5.41 Å². The third-order valence-corrected chi connectivity index (χ3v) is 16.5. The third-order valence-electron chi connectivity index (χ3n) is 15.3. The second-order valence-electron chi connectivity index (χ2n) is 18.9. The number of para-hydroxylation sites is 2. The second-order valence-corrected chi connectivity index (χ2v) is 20.0. The minimum atomic E-state index is -0.434. The highest BCUT2D eigenvalue weighted by Gasteiger charge is 2.46. The van der Waals surface area contributed by atoms with Crippen LogP contribution >= 0.6 is 11.3 Å². The lowest BCUT2D eigenvalue weighted by molar-refractivity contribution is 0.768. The fourth-order valence-corrected chi connectivity index (χ4v) is 13.4. The predicted molar refractivity (Wildman–Crippen MR) is 300 cm³/mol. The minimum absolute atomic E-state index is 0.434. The maximum absolute atomic E-state index is 5.28. The predicted octanol–water partition coefficient (Wildman–Crippen LogP) is 18.2. The van der Waals surface area contributed by atoms with Crippen LogP contribution in [0.15, 0.2) is 255 Å². The maximum atomic E-state index is 5.28. The number of benzene rings is 11. The Morgan fingerprint density at radius 3 is 1.63 bits per heavy atom. The number of aromatic nitrogens is 2. The Kier molecular flexibility index (Phi) is 8.78. The molecule has 3 heteroatoms. The monoisotopic (exact) mass is 918 g/mol. The van der Waals surface area contributed by atoms with Crippen molar-refractivity contribution in [2.75, 3.05) is 0 Å². The molecule has 1 aliphatic rings. The third kappa shape index (κ3) is 5.85. The van der Waals surface area contributed by atoms with Crippen LogP contribution < -0.4 is 0 Å². The number of nitrogens with zero attached hydrogens (tertiary/aromatic N) is 2. The molecule has 0 spiro atoms. The van der Waals surface area contributed by atoms with Crippen LogP contribution in [0.1, 0.15) is 22.3 Å². The zero-order chi connectivity index (χ0) is 46.6. The van der Waals surface area contributed by atoms with Crippen molar-refractivity contribution in [1.82, 2.24) is 9.38 Å². The molecule has 0 amide bonds. The summed E-state index contributed by atoms with van der Waals surface area (Å²) in [5.74, 6) is 0. The number of pyridine rings is 1. The zero-order valence-corrected chi connectivity index (χ0v) is 39.4. The number of fused-ring (bicyclic) bond motifs is 13. The molecule has 71 heavy (non-hydrogen) atoms. The van der Waals surface area contributed by atoms with Crippen molar-refractivity contribution in [2.24, 2.45) is 0 Å². The van der Waals surface area contributed by atoms with E-state index in [9.17, 15) is 0 Å². The molecule has 330 valence electrons.